The summed E-state index contributed by atoms with van der Waals surface area (Å²) in [4.78, 5) is 15.2. The summed E-state index contributed by atoms with van der Waals surface area (Å²) >= 11 is 0. The van der Waals surface area contributed by atoms with Crippen LogP contribution in [-0.4, -0.2) is 42.6 Å². The maximum Gasteiger partial charge on any atom is 0.241 e. The maximum atomic E-state index is 13.2. The van der Waals surface area contributed by atoms with Crippen LogP contribution in [0.15, 0.2) is 18.2 Å². The molecule has 5 heteroatoms. The Morgan fingerprint density at radius 3 is 2.72 bits per heavy atom. The largest absolute Gasteiger partial charge is 0.389 e. The quantitative estimate of drug-likeness (QED) is 0.859. The summed E-state index contributed by atoms with van der Waals surface area (Å²) in [5, 5.41) is 9.69. The molecule has 1 fully saturated rings. The number of hydrogen-bond donors (Lipinski definition) is 1. The number of anilines is 1. The van der Waals surface area contributed by atoms with Crippen molar-refractivity contribution in [3.63, 3.8) is 0 Å². The van der Waals surface area contributed by atoms with E-state index in [2.05, 4.69) is 0 Å². The van der Waals surface area contributed by atoms with E-state index in [4.69, 9.17) is 0 Å². The first-order chi connectivity index (χ1) is 8.49. The van der Waals surface area contributed by atoms with Crippen molar-refractivity contribution in [2.75, 3.05) is 31.6 Å². The number of hydrogen-bond acceptors (Lipinski definition) is 3. The van der Waals surface area contributed by atoms with Crippen LogP contribution in [0.25, 0.3) is 0 Å². The van der Waals surface area contributed by atoms with Crippen molar-refractivity contribution >= 4 is 11.6 Å². The van der Waals surface area contributed by atoms with Crippen molar-refractivity contribution in [2.24, 2.45) is 0 Å². The predicted molar refractivity (Wildman–Crippen MR) is 66.9 cm³/mol. The van der Waals surface area contributed by atoms with E-state index in [0.29, 0.717) is 18.7 Å². The monoisotopic (exact) mass is 252 g/mol. The minimum absolute atomic E-state index is 0.0297. The first-order valence-electron chi connectivity index (χ1n) is 5.95. The minimum Gasteiger partial charge on any atom is -0.389 e. The Kier molecular flexibility index (Phi) is 3.52. The van der Waals surface area contributed by atoms with E-state index in [0.717, 1.165) is 5.69 Å². The van der Waals surface area contributed by atoms with Gasteiger partial charge in [-0.25, -0.2) is 4.39 Å². The molecule has 1 atom stereocenters. The van der Waals surface area contributed by atoms with Crippen LogP contribution in [0, 0.1) is 5.82 Å². The van der Waals surface area contributed by atoms with E-state index in [1.54, 1.807) is 24.9 Å². The number of aliphatic hydroxyl groups is 1. The minimum atomic E-state index is -0.759. The lowest BCUT2D eigenvalue weighted by Gasteiger charge is -2.35. The molecule has 0 spiro atoms. The maximum absolute atomic E-state index is 13.2. The number of benzene rings is 1. The van der Waals surface area contributed by atoms with Gasteiger partial charge in [-0.1, -0.05) is 0 Å². The molecule has 0 radical (unpaired) electrons. The Labute approximate surface area is 106 Å². The smallest absolute Gasteiger partial charge is 0.241 e. The van der Waals surface area contributed by atoms with Gasteiger partial charge in [0.2, 0.25) is 5.91 Å². The van der Waals surface area contributed by atoms with Crippen molar-refractivity contribution in [2.45, 2.75) is 13.0 Å². The molecule has 0 unspecified atom stereocenters. The van der Waals surface area contributed by atoms with E-state index in [-0.39, 0.29) is 18.3 Å². The molecule has 1 aromatic rings. The van der Waals surface area contributed by atoms with Gasteiger partial charge < -0.3 is 14.9 Å². The van der Waals surface area contributed by atoms with Gasteiger partial charge in [-0.15, -0.1) is 0 Å². The number of carbonyl (C=O) groups is 1. The molecule has 1 aliphatic rings. The Hall–Kier alpha value is -1.62. The van der Waals surface area contributed by atoms with Crippen molar-refractivity contribution in [1.29, 1.82) is 0 Å². The van der Waals surface area contributed by atoms with E-state index >= 15 is 0 Å². The van der Waals surface area contributed by atoms with Gasteiger partial charge in [0, 0.05) is 31.4 Å². The zero-order valence-electron chi connectivity index (χ0n) is 10.6. The third-order valence-electron chi connectivity index (χ3n) is 3.24. The Bertz CT molecular complexity index is 462. The summed E-state index contributed by atoms with van der Waals surface area (Å²) in [5.74, 6) is -0.350. The van der Waals surface area contributed by atoms with Crippen LogP contribution in [-0.2, 0) is 4.79 Å². The Balaban J connectivity index is 2.30. The number of aliphatic hydroxyl groups excluding tert-OH is 1. The second-order valence-electron chi connectivity index (χ2n) is 4.62. The lowest BCUT2D eigenvalue weighted by molar-refractivity contribution is -0.129. The van der Waals surface area contributed by atoms with Gasteiger partial charge in [0.05, 0.1) is 12.6 Å². The fraction of sp³-hybridized carbons (Fsp3) is 0.462. The normalized spacial score (nSPS) is 18.1. The van der Waals surface area contributed by atoms with Crippen LogP contribution in [0.4, 0.5) is 10.1 Å². The van der Waals surface area contributed by atoms with Gasteiger partial charge in [-0.05, 0) is 25.1 Å². The molecule has 0 saturated carbocycles. The Morgan fingerprint density at radius 1 is 1.39 bits per heavy atom. The number of likely N-dealkylation sites (N-methyl/N-ethyl adjacent to an activating group) is 1. The number of halogens is 1. The first-order valence-corrected chi connectivity index (χ1v) is 5.95. The van der Waals surface area contributed by atoms with Crippen molar-refractivity contribution in [1.82, 2.24) is 4.90 Å². The first kappa shape index (κ1) is 12.8. The van der Waals surface area contributed by atoms with Crippen molar-refractivity contribution in [3.05, 3.63) is 29.6 Å². The van der Waals surface area contributed by atoms with Gasteiger partial charge in [-0.2, -0.15) is 0 Å². The number of nitrogens with zero attached hydrogens (tertiary/aromatic N) is 2. The zero-order chi connectivity index (χ0) is 13.3. The number of carbonyl (C=O) groups excluding carboxylic acids is 1. The average molecular weight is 252 g/mol. The molecule has 1 heterocycles. The van der Waals surface area contributed by atoms with Crippen LogP contribution in [0.3, 0.4) is 0 Å². The Morgan fingerprint density at radius 2 is 2.11 bits per heavy atom. The van der Waals surface area contributed by atoms with Gasteiger partial charge in [-0.3, -0.25) is 4.79 Å². The van der Waals surface area contributed by atoms with Crippen LogP contribution >= 0.6 is 0 Å². The van der Waals surface area contributed by atoms with Crippen LogP contribution in [0.5, 0.6) is 0 Å². The highest BCUT2D eigenvalue weighted by Gasteiger charge is 2.23. The SMILES string of the molecule is C[C@@H](O)c1cc(F)ccc1N1CCN(C)C(=O)C1. The molecule has 1 N–H and O–H groups in total. The van der Waals surface area contributed by atoms with Crippen LogP contribution in [0.2, 0.25) is 0 Å². The van der Waals surface area contributed by atoms with Crippen molar-refractivity contribution in [3.8, 4) is 0 Å². The molecule has 18 heavy (non-hydrogen) atoms. The van der Waals surface area contributed by atoms with Gasteiger partial charge in [0.25, 0.3) is 0 Å². The molecule has 1 aliphatic heterocycles. The van der Waals surface area contributed by atoms with Gasteiger partial charge in [0.15, 0.2) is 0 Å². The second kappa shape index (κ2) is 4.94. The molecule has 98 valence electrons. The van der Waals surface area contributed by atoms with Crippen LogP contribution < -0.4 is 4.90 Å². The second-order valence-corrected chi connectivity index (χ2v) is 4.62. The molecule has 2 rings (SSSR count). The molecule has 0 aromatic heterocycles. The number of rotatable bonds is 2. The number of amides is 1. The highest BCUT2D eigenvalue weighted by Crippen LogP contribution is 2.28. The fourth-order valence-corrected chi connectivity index (χ4v) is 2.11. The molecule has 0 aliphatic carbocycles. The third kappa shape index (κ3) is 2.46. The third-order valence-corrected chi connectivity index (χ3v) is 3.24. The summed E-state index contributed by atoms with van der Waals surface area (Å²) in [6, 6.07) is 4.29. The summed E-state index contributed by atoms with van der Waals surface area (Å²) in [7, 11) is 1.76. The molecule has 4 nitrogen and oxygen atoms in total. The van der Waals surface area contributed by atoms with E-state index in [1.807, 2.05) is 4.90 Å². The summed E-state index contributed by atoms with van der Waals surface area (Å²) in [6.45, 7) is 3.18. The van der Waals surface area contributed by atoms with Gasteiger partial charge in [0.1, 0.15) is 5.82 Å². The zero-order valence-corrected chi connectivity index (χ0v) is 10.6. The van der Waals surface area contributed by atoms with Crippen molar-refractivity contribution < 1.29 is 14.3 Å². The number of piperazine rings is 1. The molecule has 1 aromatic carbocycles. The molecule has 1 amide bonds. The summed E-state index contributed by atoms with van der Waals surface area (Å²) in [6.07, 6.45) is -0.759. The molecular formula is C13H17FN2O2. The van der Waals surface area contributed by atoms with Crippen LogP contribution in [0.1, 0.15) is 18.6 Å². The van der Waals surface area contributed by atoms with E-state index in [1.165, 1.54) is 12.1 Å². The average Bonchev–Trinajstić information content (AvgIpc) is 2.32. The molecule has 0 bridgehead atoms. The highest BCUT2D eigenvalue weighted by atomic mass is 19.1. The lowest BCUT2D eigenvalue weighted by atomic mass is 10.1. The van der Waals surface area contributed by atoms with E-state index < -0.39 is 6.10 Å². The standard InChI is InChI=1S/C13H17FN2O2/c1-9(17)11-7-10(14)3-4-12(11)16-6-5-15(2)13(18)8-16/h3-4,7,9,17H,5-6,8H2,1-2H3/t9-/m1/s1. The molecular weight excluding hydrogens is 235 g/mol. The lowest BCUT2D eigenvalue weighted by Crippen LogP contribution is -2.48. The topological polar surface area (TPSA) is 43.8 Å². The predicted octanol–water partition coefficient (Wildman–Crippen LogP) is 1.16. The van der Waals surface area contributed by atoms with E-state index in [9.17, 15) is 14.3 Å². The highest BCUT2D eigenvalue weighted by molar-refractivity contribution is 5.83. The fourth-order valence-electron chi connectivity index (χ4n) is 2.11. The summed E-state index contributed by atoms with van der Waals surface area (Å²) in [5.41, 5.74) is 1.25. The summed E-state index contributed by atoms with van der Waals surface area (Å²) < 4.78 is 13.2. The molecule has 1 saturated heterocycles. The van der Waals surface area contributed by atoms with Gasteiger partial charge >= 0.3 is 0 Å².